The topological polar surface area (TPSA) is 20.2 Å². The Labute approximate surface area is 122 Å². The normalized spacial score (nSPS) is 12.8. The summed E-state index contributed by atoms with van der Waals surface area (Å²) in [5, 5.41) is 11.3. The Kier molecular flexibility index (Phi) is 4.16. The highest BCUT2D eigenvalue weighted by molar-refractivity contribution is 9.11. The molecule has 1 N–H and O–H groups in total. The molecule has 5 heteroatoms. The molecule has 1 nitrogen and oxygen atoms in total. The van der Waals surface area contributed by atoms with Crippen LogP contribution in [0.2, 0.25) is 10.0 Å². The number of thiophene rings is 1. The molecule has 0 aliphatic rings. The van der Waals surface area contributed by atoms with Crippen molar-refractivity contribution in [2.24, 2.45) is 0 Å². The molecule has 2 rings (SSSR count). The van der Waals surface area contributed by atoms with Gasteiger partial charge in [0.2, 0.25) is 0 Å². The lowest BCUT2D eigenvalue weighted by Gasteiger charge is -2.10. The molecule has 0 bridgehead atoms. The van der Waals surface area contributed by atoms with Gasteiger partial charge in [-0.15, -0.1) is 11.3 Å². The first kappa shape index (κ1) is 13.4. The molecule has 1 atom stereocenters. The molecule has 17 heavy (non-hydrogen) atoms. The van der Waals surface area contributed by atoms with Gasteiger partial charge in [0.1, 0.15) is 6.10 Å². The van der Waals surface area contributed by atoms with Crippen molar-refractivity contribution < 1.29 is 5.11 Å². The fraction of sp³-hybridized carbons (Fsp3) is 0.167. The molecule has 0 aliphatic heterocycles. The van der Waals surface area contributed by atoms with Crippen molar-refractivity contribution in [3.63, 3.8) is 0 Å². The van der Waals surface area contributed by atoms with Gasteiger partial charge in [-0.05, 0) is 46.6 Å². The molecule has 0 fully saturated rings. The maximum absolute atomic E-state index is 10.3. The first-order chi connectivity index (χ1) is 7.99. The average Bonchev–Trinajstić information content (AvgIpc) is 2.58. The number of hydrogen-bond acceptors (Lipinski definition) is 2. The highest BCUT2D eigenvalue weighted by Crippen LogP contribution is 2.37. The summed E-state index contributed by atoms with van der Waals surface area (Å²) >= 11 is 16.8. The summed E-state index contributed by atoms with van der Waals surface area (Å²) in [6, 6.07) is 7.06. The molecule has 1 aromatic heterocycles. The smallest absolute Gasteiger partial charge is 0.115 e. The third kappa shape index (κ3) is 2.85. The third-order valence-corrected chi connectivity index (χ3v) is 5.15. The van der Waals surface area contributed by atoms with Crippen LogP contribution in [0.4, 0.5) is 0 Å². The van der Waals surface area contributed by atoms with Gasteiger partial charge in [0.25, 0.3) is 0 Å². The van der Waals surface area contributed by atoms with E-state index in [1.165, 1.54) is 11.3 Å². The van der Waals surface area contributed by atoms with Gasteiger partial charge in [0.05, 0.1) is 3.79 Å². The SMILES string of the molecule is Cc1cc(C(O)c2ccc(Cl)cc2Cl)sc1Br. The van der Waals surface area contributed by atoms with Gasteiger partial charge in [-0.25, -0.2) is 0 Å². The largest absolute Gasteiger partial charge is 0.383 e. The van der Waals surface area contributed by atoms with E-state index in [4.69, 9.17) is 23.2 Å². The minimum Gasteiger partial charge on any atom is -0.383 e. The quantitative estimate of drug-likeness (QED) is 0.787. The van der Waals surface area contributed by atoms with Crippen molar-refractivity contribution in [3.8, 4) is 0 Å². The fourth-order valence-corrected chi connectivity index (χ4v) is 3.58. The lowest BCUT2D eigenvalue weighted by Crippen LogP contribution is -1.97. The van der Waals surface area contributed by atoms with Crippen LogP contribution in [0.25, 0.3) is 0 Å². The Morgan fingerprint density at radius 2 is 2.00 bits per heavy atom. The van der Waals surface area contributed by atoms with E-state index < -0.39 is 6.10 Å². The lowest BCUT2D eigenvalue weighted by atomic mass is 10.1. The molecule has 1 aromatic carbocycles. The van der Waals surface area contributed by atoms with Crippen LogP contribution in [0.1, 0.15) is 22.1 Å². The van der Waals surface area contributed by atoms with E-state index in [9.17, 15) is 5.11 Å². The van der Waals surface area contributed by atoms with Crippen molar-refractivity contribution in [2.45, 2.75) is 13.0 Å². The minimum atomic E-state index is -0.713. The van der Waals surface area contributed by atoms with Crippen molar-refractivity contribution in [3.05, 3.63) is 54.1 Å². The molecule has 0 radical (unpaired) electrons. The van der Waals surface area contributed by atoms with E-state index in [2.05, 4.69) is 15.9 Å². The van der Waals surface area contributed by atoms with Crippen LogP contribution in [0.5, 0.6) is 0 Å². The van der Waals surface area contributed by atoms with Crippen LogP contribution >= 0.6 is 50.5 Å². The summed E-state index contributed by atoms with van der Waals surface area (Å²) in [4.78, 5) is 0.860. The second-order valence-corrected chi connectivity index (χ2v) is 6.92. The number of aliphatic hydroxyl groups is 1. The van der Waals surface area contributed by atoms with E-state index in [0.717, 1.165) is 14.2 Å². The zero-order valence-corrected chi connectivity index (χ0v) is 12.8. The molecular formula is C12H9BrCl2OS. The minimum absolute atomic E-state index is 0.479. The van der Waals surface area contributed by atoms with E-state index >= 15 is 0 Å². The lowest BCUT2D eigenvalue weighted by molar-refractivity contribution is 0.224. The van der Waals surface area contributed by atoms with Crippen molar-refractivity contribution in [1.29, 1.82) is 0 Å². The van der Waals surface area contributed by atoms with Gasteiger partial charge < -0.3 is 5.11 Å². The fourth-order valence-electron chi connectivity index (χ4n) is 1.49. The van der Waals surface area contributed by atoms with Gasteiger partial charge in [0.15, 0.2) is 0 Å². The predicted octanol–water partition coefficient (Wildman–Crippen LogP) is 5.21. The Hall–Kier alpha value is -0.0600. The maximum atomic E-state index is 10.3. The van der Waals surface area contributed by atoms with Crippen LogP contribution in [-0.4, -0.2) is 5.11 Å². The van der Waals surface area contributed by atoms with Crippen LogP contribution in [0.15, 0.2) is 28.1 Å². The van der Waals surface area contributed by atoms with Gasteiger partial charge in [0, 0.05) is 20.5 Å². The molecule has 1 unspecified atom stereocenters. The number of rotatable bonds is 2. The summed E-state index contributed by atoms with van der Waals surface area (Å²) in [7, 11) is 0. The zero-order valence-electron chi connectivity index (χ0n) is 8.88. The predicted molar refractivity (Wildman–Crippen MR) is 77.3 cm³/mol. The second kappa shape index (κ2) is 5.29. The van der Waals surface area contributed by atoms with Crippen LogP contribution < -0.4 is 0 Å². The molecule has 90 valence electrons. The van der Waals surface area contributed by atoms with E-state index in [1.807, 2.05) is 13.0 Å². The van der Waals surface area contributed by atoms with E-state index in [1.54, 1.807) is 18.2 Å². The molecule has 0 amide bonds. The molecule has 1 heterocycles. The highest BCUT2D eigenvalue weighted by Gasteiger charge is 2.17. The monoisotopic (exact) mass is 350 g/mol. The number of aryl methyl sites for hydroxylation is 1. The summed E-state index contributed by atoms with van der Waals surface area (Å²) in [6.07, 6.45) is -0.713. The Morgan fingerprint density at radius 1 is 1.29 bits per heavy atom. The molecule has 2 aromatic rings. The van der Waals surface area contributed by atoms with Crippen molar-refractivity contribution >= 4 is 50.5 Å². The maximum Gasteiger partial charge on any atom is 0.115 e. The van der Waals surface area contributed by atoms with E-state index in [0.29, 0.717) is 15.6 Å². The van der Waals surface area contributed by atoms with Crippen LogP contribution in [0.3, 0.4) is 0 Å². The Morgan fingerprint density at radius 3 is 2.53 bits per heavy atom. The van der Waals surface area contributed by atoms with Crippen molar-refractivity contribution in [2.75, 3.05) is 0 Å². The summed E-state index contributed by atoms with van der Waals surface area (Å²) < 4.78 is 1.02. The highest BCUT2D eigenvalue weighted by atomic mass is 79.9. The molecule has 0 aliphatic carbocycles. The first-order valence-corrected chi connectivity index (χ1v) is 7.24. The average molecular weight is 352 g/mol. The van der Waals surface area contributed by atoms with Gasteiger partial charge in [-0.3, -0.25) is 0 Å². The molecule has 0 saturated heterocycles. The summed E-state index contributed by atoms with van der Waals surface area (Å²) in [5.41, 5.74) is 1.78. The summed E-state index contributed by atoms with van der Waals surface area (Å²) in [5.74, 6) is 0. The van der Waals surface area contributed by atoms with Crippen molar-refractivity contribution in [1.82, 2.24) is 0 Å². The first-order valence-electron chi connectivity index (χ1n) is 4.88. The molecule has 0 spiro atoms. The second-order valence-electron chi connectivity index (χ2n) is 3.67. The number of aliphatic hydroxyl groups excluding tert-OH is 1. The Bertz CT molecular complexity index is 534. The van der Waals surface area contributed by atoms with Gasteiger partial charge in [-0.2, -0.15) is 0 Å². The third-order valence-electron chi connectivity index (χ3n) is 2.40. The number of benzene rings is 1. The standard InChI is InChI=1S/C12H9BrCl2OS/c1-6-4-10(17-12(6)13)11(16)8-3-2-7(14)5-9(8)15/h2-5,11,16H,1H3. The summed E-state index contributed by atoms with van der Waals surface area (Å²) in [6.45, 7) is 1.99. The van der Waals surface area contributed by atoms with E-state index in [-0.39, 0.29) is 0 Å². The van der Waals surface area contributed by atoms with Gasteiger partial charge in [-0.1, -0.05) is 29.3 Å². The Balaban J connectivity index is 2.39. The van der Waals surface area contributed by atoms with Crippen LogP contribution in [-0.2, 0) is 0 Å². The zero-order chi connectivity index (χ0) is 12.6. The number of hydrogen-bond donors (Lipinski definition) is 1. The number of halogens is 3. The van der Waals surface area contributed by atoms with Crippen LogP contribution in [0, 0.1) is 6.92 Å². The molecular weight excluding hydrogens is 343 g/mol. The molecule has 0 saturated carbocycles. The van der Waals surface area contributed by atoms with Gasteiger partial charge >= 0.3 is 0 Å².